The van der Waals surface area contributed by atoms with E-state index in [9.17, 15) is 9.59 Å². The van der Waals surface area contributed by atoms with Gasteiger partial charge in [0.2, 0.25) is 0 Å². The van der Waals surface area contributed by atoms with Gasteiger partial charge in [0.05, 0.1) is 18.3 Å². The number of rotatable bonds is 11. The summed E-state index contributed by atoms with van der Waals surface area (Å²) >= 11 is 0. The van der Waals surface area contributed by atoms with Gasteiger partial charge < -0.3 is 15.8 Å². The van der Waals surface area contributed by atoms with E-state index in [2.05, 4.69) is 12.2 Å². The van der Waals surface area contributed by atoms with Gasteiger partial charge in [0, 0.05) is 6.54 Å². The van der Waals surface area contributed by atoms with Gasteiger partial charge in [0.25, 0.3) is 11.8 Å². The van der Waals surface area contributed by atoms with E-state index in [1.807, 2.05) is 0 Å². The number of epoxide rings is 1. The molecule has 114 valence electrons. The van der Waals surface area contributed by atoms with Gasteiger partial charge in [-0.1, -0.05) is 45.1 Å². The van der Waals surface area contributed by atoms with Crippen LogP contribution in [0, 0.1) is 0 Å². The summed E-state index contributed by atoms with van der Waals surface area (Å²) in [5.74, 6) is -1.05. The molecule has 0 saturated carbocycles. The fourth-order valence-electron chi connectivity index (χ4n) is 1.96. The van der Waals surface area contributed by atoms with Gasteiger partial charge >= 0.3 is 0 Å². The Morgan fingerprint density at radius 1 is 1.25 bits per heavy atom. The minimum atomic E-state index is -0.662. The van der Waals surface area contributed by atoms with Crippen molar-refractivity contribution in [2.45, 2.75) is 58.0 Å². The van der Waals surface area contributed by atoms with E-state index in [4.69, 9.17) is 10.5 Å². The molecule has 0 aliphatic carbocycles. The maximum absolute atomic E-state index is 11.8. The highest BCUT2D eigenvalue weighted by atomic mass is 16.6. The van der Waals surface area contributed by atoms with Crippen molar-refractivity contribution in [2.24, 2.45) is 5.73 Å². The normalized spacial score (nSPS) is 17.9. The molecule has 5 nitrogen and oxygen atoms in total. The predicted molar refractivity (Wildman–Crippen MR) is 78.0 cm³/mol. The zero-order chi connectivity index (χ0) is 14.8. The third kappa shape index (κ3) is 7.28. The van der Waals surface area contributed by atoms with E-state index in [0.29, 0.717) is 13.2 Å². The van der Waals surface area contributed by atoms with Crippen molar-refractivity contribution in [3.8, 4) is 0 Å². The number of nitrogens with two attached hydrogens (primary N) is 1. The SMILES string of the molecule is CCCCCCCCC=C(C(N)=O)C(=O)NCC1CO1. The fourth-order valence-corrected chi connectivity index (χ4v) is 1.96. The summed E-state index contributed by atoms with van der Waals surface area (Å²) in [6.07, 6.45) is 9.56. The van der Waals surface area contributed by atoms with Gasteiger partial charge in [-0.3, -0.25) is 9.59 Å². The topological polar surface area (TPSA) is 84.7 Å². The summed E-state index contributed by atoms with van der Waals surface area (Å²) in [6.45, 7) is 3.31. The van der Waals surface area contributed by atoms with E-state index in [0.717, 1.165) is 19.3 Å². The standard InChI is InChI=1S/C15H26N2O3/c1-2-3-4-5-6-7-8-9-13(14(16)18)15(19)17-10-12-11-20-12/h9,12H,2-8,10-11H2,1H3,(H2,16,18)(H,17,19). The van der Waals surface area contributed by atoms with Gasteiger partial charge in [-0.15, -0.1) is 0 Å². The smallest absolute Gasteiger partial charge is 0.256 e. The molecular weight excluding hydrogens is 256 g/mol. The number of hydrogen-bond donors (Lipinski definition) is 2. The zero-order valence-electron chi connectivity index (χ0n) is 12.3. The van der Waals surface area contributed by atoms with Crippen LogP contribution in [0.4, 0.5) is 0 Å². The highest BCUT2D eigenvalue weighted by molar-refractivity contribution is 6.17. The van der Waals surface area contributed by atoms with Crippen LogP contribution < -0.4 is 11.1 Å². The molecule has 0 aromatic rings. The molecule has 5 heteroatoms. The molecule has 2 amide bonds. The molecule has 1 atom stereocenters. The van der Waals surface area contributed by atoms with Crippen LogP contribution in [0.3, 0.4) is 0 Å². The summed E-state index contributed by atoms with van der Waals surface area (Å²) in [5.41, 5.74) is 5.31. The van der Waals surface area contributed by atoms with E-state index in [1.54, 1.807) is 6.08 Å². The van der Waals surface area contributed by atoms with Crippen LogP contribution in [0.1, 0.15) is 51.9 Å². The fraction of sp³-hybridized carbons (Fsp3) is 0.733. The first kappa shape index (κ1) is 16.7. The second-order valence-corrected chi connectivity index (χ2v) is 5.20. The van der Waals surface area contributed by atoms with E-state index >= 15 is 0 Å². The lowest BCUT2D eigenvalue weighted by molar-refractivity contribution is -0.122. The van der Waals surface area contributed by atoms with Crippen molar-refractivity contribution >= 4 is 11.8 Å². The summed E-state index contributed by atoms with van der Waals surface area (Å²) in [4.78, 5) is 23.1. The van der Waals surface area contributed by atoms with Crippen molar-refractivity contribution in [2.75, 3.05) is 13.2 Å². The van der Waals surface area contributed by atoms with Crippen LogP contribution in [0.25, 0.3) is 0 Å². The second-order valence-electron chi connectivity index (χ2n) is 5.20. The lowest BCUT2D eigenvalue weighted by atomic mass is 10.1. The van der Waals surface area contributed by atoms with Crippen LogP contribution >= 0.6 is 0 Å². The molecule has 1 saturated heterocycles. The molecule has 20 heavy (non-hydrogen) atoms. The van der Waals surface area contributed by atoms with Gasteiger partial charge in [-0.25, -0.2) is 0 Å². The molecular formula is C15H26N2O3. The number of ether oxygens (including phenoxy) is 1. The average molecular weight is 282 g/mol. The highest BCUT2D eigenvalue weighted by Crippen LogP contribution is 2.09. The maximum Gasteiger partial charge on any atom is 0.256 e. The first-order valence-electron chi connectivity index (χ1n) is 7.55. The van der Waals surface area contributed by atoms with Crippen LogP contribution in [0.5, 0.6) is 0 Å². The lowest BCUT2D eigenvalue weighted by Crippen LogP contribution is -2.33. The molecule has 3 N–H and O–H groups in total. The lowest BCUT2D eigenvalue weighted by Gasteiger charge is -2.05. The third-order valence-electron chi connectivity index (χ3n) is 3.31. The summed E-state index contributed by atoms with van der Waals surface area (Å²) in [5, 5.41) is 2.66. The Bertz CT molecular complexity index is 349. The molecule has 1 fully saturated rings. The van der Waals surface area contributed by atoms with Crippen LogP contribution in [0.2, 0.25) is 0 Å². The van der Waals surface area contributed by atoms with E-state index in [-0.39, 0.29) is 17.6 Å². The Morgan fingerprint density at radius 3 is 2.50 bits per heavy atom. The molecule has 1 heterocycles. The number of primary amides is 1. The molecule has 1 unspecified atom stereocenters. The minimum absolute atomic E-state index is 0.0687. The molecule has 1 aliphatic rings. The Labute approximate surface area is 120 Å². The third-order valence-corrected chi connectivity index (χ3v) is 3.31. The number of allylic oxidation sites excluding steroid dienone is 1. The number of amides is 2. The summed E-state index contributed by atoms with van der Waals surface area (Å²) in [6, 6.07) is 0. The summed E-state index contributed by atoms with van der Waals surface area (Å²) in [7, 11) is 0. The van der Waals surface area contributed by atoms with Gasteiger partial charge in [-0.2, -0.15) is 0 Å². The van der Waals surface area contributed by atoms with Crippen LogP contribution in [0.15, 0.2) is 11.6 Å². The van der Waals surface area contributed by atoms with Crippen LogP contribution in [-0.4, -0.2) is 31.1 Å². The van der Waals surface area contributed by atoms with Crippen molar-refractivity contribution in [3.05, 3.63) is 11.6 Å². The Kier molecular flexibility index (Phi) is 7.95. The molecule has 0 radical (unpaired) electrons. The second kappa shape index (κ2) is 9.53. The van der Waals surface area contributed by atoms with E-state index in [1.165, 1.54) is 25.7 Å². The molecule has 1 rings (SSSR count). The van der Waals surface area contributed by atoms with Crippen molar-refractivity contribution in [1.29, 1.82) is 0 Å². The molecule has 0 aromatic heterocycles. The zero-order valence-corrected chi connectivity index (χ0v) is 12.3. The first-order valence-corrected chi connectivity index (χ1v) is 7.55. The van der Waals surface area contributed by atoms with E-state index < -0.39 is 5.91 Å². The Hall–Kier alpha value is -1.36. The predicted octanol–water partition coefficient (Wildman–Crippen LogP) is 1.66. The van der Waals surface area contributed by atoms with Crippen LogP contribution in [-0.2, 0) is 14.3 Å². The quantitative estimate of drug-likeness (QED) is 0.199. The number of unbranched alkanes of at least 4 members (excludes halogenated alkanes) is 6. The number of nitrogens with one attached hydrogen (secondary N) is 1. The van der Waals surface area contributed by atoms with Gasteiger partial charge in [0.1, 0.15) is 0 Å². The summed E-state index contributed by atoms with van der Waals surface area (Å²) < 4.78 is 4.99. The molecule has 0 aromatic carbocycles. The van der Waals surface area contributed by atoms with Crippen molar-refractivity contribution in [1.82, 2.24) is 5.32 Å². The Balaban J connectivity index is 2.23. The number of carbonyl (C=O) groups is 2. The number of hydrogen-bond acceptors (Lipinski definition) is 3. The largest absolute Gasteiger partial charge is 0.371 e. The first-order chi connectivity index (χ1) is 9.65. The Morgan fingerprint density at radius 2 is 1.90 bits per heavy atom. The van der Waals surface area contributed by atoms with Gasteiger partial charge in [-0.05, 0) is 12.8 Å². The molecule has 1 aliphatic heterocycles. The molecule has 0 bridgehead atoms. The molecule has 0 spiro atoms. The average Bonchev–Trinajstić information content (AvgIpc) is 3.23. The van der Waals surface area contributed by atoms with Crippen molar-refractivity contribution in [3.63, 3.8) is 0 Å². The highest BCUT2D eigenvalue weighted by Gasteiger charge is 2.24. The maximum atomic E-state index is 11.8. The van der Waals surface area contributed by atoms with Crippen molar-refractivity contribution < 1.29 is 14.3 Å². The van der Waals surface area contributed by atoms with Gasteiger partial charge in [0.15, 0.2) is 0 Å². The minimum Gasteiger partial charge on any atom is -0.371 e. The monoisotopic (exact) mass is 282 g/mol. The number of carbonyl (C=O) groups excluding carboxylic acids is 2.